The van der Waals surface area contributed by atoms with E-state index in [1.165, 1.54) is 6.20 Å². The van der Waals surface area contributed by atoms with Crippen LogP contribution in [-0.2, 0) is 0 Å². The van der Waals surface area contributed by atoms with Crippen LogP contribution in [0.1, 0.15) is 24.9 Å². The van der Waals surface area contributed by atoms with Crippen LogP contribution in [0.2, 0.25) is 10.2 Å². The van der Waals surface area contributed by atoms with Crippen LogP contribution in [0.15, 0.2) is 12.3 Å². The van der Waals surface area contributed by atoms with Crippen LogP contribution in [0.4, 0.5) is 0 Å². The summed E-state index contributed by atoms with van der Waals surface area (Å²) in [6.45, 7) is 1.99. The molecule has 2 nitrogen and oxygen atoms in total. The lowest BCUT2D eigenvalue weighted by molar-refractivity contribution is 0.695. The largest absolute Gasteiger partial charge is 0.324 e. The number of aromatic nitrogens is 1. The molecule has 0 aliphatic rings. The van der Waals surface area contributed by atoms with E-state index in [1.54, 1.807) is 6.07 Å². The third-order valence-electron chi connectivity index (χ3n) is 1.67. The van der Waals surface area contributed by atoms with Crippen molar-refractivity contribution >= 4 is 23.2 Å². The van der Waals surface area contributed by atoms with Crippen molar-refractivity contribution in [3.63, 3.8) is 0 Å². The quantitative estimate of drug-likeness (QED) is 0.754. The summed E-state index contributed by atoms with van der Waals surface area (Å²) in [5.41, 5.74) is 6.59. The number of rotatable bonds is 2. The molecule has 1 aromatic heterocycles. The Morgan fingerprint density at radius 3 is 2.83 bits per heavy atom. The highest BCUT2D eigenvalue weighted by Gasteiger charge is 2.09. The molecule has 1 atom stereocenters. The lowest BCUT2D eigenvalue weighted by Gasteiger charge is -2.10. The van der Waals surface area contributed by atoms with Gasteiger partial charge in [0.1, 0.15) is 5.15 Å². The van der Waals surface area contributed by atoms with E-state index in [1.807, 2.05) is 6.92 Å². The molecule has 0 aromatic carbocycles. The zero-order valence-electron chi connectivity index (χ0n) is 6.72. The van der Waals surface area contributed by atoms with Gasteiger partial charge in [-0.25, -0.2) is 4.98 Å². The molecule has 4 heteroatoms. The summed E-state index contributed by atoms with van der Waals surface area (Å²) < 4.78 is 0. The highest BCUT2D eigenvalue weighted by molar-refractivity contribution is 6.32. The van der Waals surface area contributed by atoms with Crippen LogP contribution in [-0.4, -0.2) is 4.98 Å². The zero-order valence-corrected chi connectivity index (χ0v) is 8.23. The number of hydrogen-bond acceptors (Lipinski definition) is 2. The van der Waals surface area contributed by atoms with Gasteiger partial charge in [-0.15, -0.1) is 0 Å². The first-order chi connectivity index (χ1) is 5.65. The lowest BCUT2D eigenvalue weighted by atomic mass is 10.1. The maximum Gasteiger partial charge on any atom is 0.133 e. The van der Waals surface area contributed by atoms with Gasteiger partial charge in [-0.05, 0) is 12.5 Å². The van der Waals surface area contributed by atoms with Gasteiger partial charge >= 0.3 is 0 Å². The molecule has 0 aliphatic carbocycles. The molecule has 1 rings (SSSR count). The van der Waals surface area contributed by atoms with Crippen molar-refractivity contribution in [2.75, 3.05) is 0 Å². The van der Waals surface area contributed by atoms with Crippen molar-refractivity contribution < 1.29 is 0 Å². The minimum Gasteiger partial charge on any atom is -0.324 e. The number of halogens is 2. The molecule has 12 heavy (non-hydrogen) atoms. The Morgan fingerprint density at radius 2 is 2.25 bits per heavy atom. The minimum atomic E-state index is -0.0799. The molecule has 0 radical (unpaired) electrons. The number of nitrogens with two attached hydrogens (primary N) is 1. The first kappa shape index (κ1) is 9.78. The smallest absolute Gasteiger partial charge is 0.133 e. The fourth-order valence-corrected chi connectivity index (χ4v) is 1.33. The predicted octanol–water partition coefficient (Wildman–Crippen LogP) is 2.80. The Morgan fingerprint density at radius 1 is 1.58 bits per heavy atom. The van der Waals surface area contributed by atoms with Crippen molar-refractivity contribution in [1.29, 1.82) is 0 Å². The van der Waals surface area contributed by atoms with Gasteiger partial charge in [0, 0.05) is 17.8 Å². The van der Waals surface area contributed by atoms with E-state index in [0.717, 1.165) is 12.0 Å². The summed E-state index contributed by atoms with van der Waals surface area (Å²) in [7, 11) is 0. The SMILES string of the molecule is CC[C@@H](N)c1cc(Cl)cnc1Cl. The molecule has 2 N–H and O–H groups in total. The highest BCUT2D eigenvalue weighted by Crippen LogP contribution is 2.23. The Hall–Kier alpha value is -0.310. The van der Waals surface area contributed by atoms with Gasteiger partial charge in [0.05, 0.1) is 5.02 Å². The van der Waals surface area contributed by atoms with Gasteiger partial charge < -0.3 is 5.73 Å². The Kier molecular flexibility index (Phi) is 3.32. The van der Waals surface area contributed by atoms with Crippen LogP contribution < -0.4 is 5.73 Å². The van der Waals surface area contributed by atoms with Crippen LogP contribution in [0.25, 0.3) is 0 Å². The van der Waals surface area contributed by atoms with Gasteiger partial charge in [-0.2, -0.15) is 0 Å². The lowest BCUT2D eigenvalue weighted by Crippen LogP contribution is -2.09. The Bertz CT molecular complexity index is 276. The molecule has 0 saturated heterocycles. The second kappa shape index (κ2) is 4.08. The van der Waals surface area contributed by atoms with Crippen LogP contribution in [0, 0.1) is 0 Å². The third-order valence-corrected chi connectivity index (χ3v) is 2.19. The standard InChI is InChI=1S/C8H10Cl2N2/c1-2-7(11)6-3-5(9)4-12-8(6)10/h3-4,7H,2,11H2,1H3/t7-/m1/s1. The molecule has 0 aliphatic heterocycles. The first-order valence-corrected chi connectivity index (χ1v) is 4.47. The van der Waals surface area contributed by atoms with Crippen molar-refractivity contribution in [2.45, 2.75) is 19.4 Å². The third kappa shape index (κ3) is 2.09. The summed E-state index contributed by atoms with van der Waals surface area (Å²) in [4.78, 5) is 3.90. The maximum atomic E-state index is 5.82. The molecule has 0 fully saturated rings. The minimum absolute atomic E-state index is 0.0799. The fraction of sp³-hybridized carbons (Fsp3) is 0.375. The molecule has 0 spiro atoms. The average molecular weight is 205 g/mol. The number of hydrogen-bond donors (Lipinski definition) is 1. The van der Waals surface area contributed by atoms with Crippen molar-refractivity contribution in [3.05, 3.63) is 28.0 Å². The number of nitrogens with zero attached hydrogens (tertiary/aromatic N) is 1. The van der Waals surface area contributed by atoms with Gasteiger partial charge in [-0.1, -0.05) is 30.1 Å². The van der Waals surface area contributed by atoms with Gasteiger partial charge in [-0.3, -0.25) is 0 Å². The van der Waals surface area contributed by atoms with Crippen molar-refractivity contribution in [1.82, 2.24) is 4.98 Å². The van der Waals surface area contributed by atoms with Gasteiger partial charge in [0.15, 0.2) is 0 Å². The van der Waals surface area contributed by atoms with E-state index in [9.17, 15) is 0 Å². The second-order valence-electron chi connectivity index (χ2n) is 2.55. The molecule has 0 unspecified atom stereocenters. The van der Waals surface area contributed by atoms with E-state index in [2.05, 4.69) is 4.98 Å². The van der Waals surface area contributed by atoms with Crippen LogP contribution in [0.5, 0.6) is 0 Å². The zero-order chi connectivity index (χ0) is 9.14. The normalized spacial score (nSPS) is 13.0. The summed E-state index contributed by atoms with van der Waals surface area (Å²) in [6.07, 6.45) is 2.33. The van der Waals surface area contributed by atoms with Crippen molar-refractivity contribution in [3.8, 4) is 0 Å². The first-order valence-electron chi connectivity index (χ1n) is 3.71. The second-order valence-corrected chi connectivity index (χ2v) is 3.34. The molecule has 0 amide bonds. The van der Waals surface area contributed by atoms with Crippen LogP contribution in [0.3, 0.4) is 0 Å². The predicted molar refractivity (Wildman–Crippen MR) is 51.5 cm³/mol. The summed E-state index contributed by atoms with van der Waals surface area (Å²) in [6, 6.07) is 1.68. The molecular weight excluding hydrogens is 195 g/mol. The Labute approximate surface area is 81.7 Å². The molecule has 66 valence electrons. The molecule has 0 saturated carbocycles. The van der Waals surface area contributed by atoms with E-state index >= 15 is 0 Å². The number of pyridine rings is 1. The average Bonchev–Trinajstić information content (AvgIpc) is 2.08. The fourth-order valence-electron chi connectivity index (χ4n) is 0.918. The van der Waals surface area contributed by atoms with Gasteiger partial charge in [0.2, 0.25) is 0 Å². The summed E-state index contributed by atoms with van der Waals surface area (Å²) in [5.74, 6) is 0. The topological polar surface area (TPSA) is 38.9 Å². The van der Waals surface area contributed by atoms with E-state index in [-0.39, 0.29) is 6.04 Å². The molecule has 1 heterocycles. The van der Waals surface area contributed by atoms with E-state index in [0.29, 0.717) is 10.2 Å². The maximum absolute atomic E-state index is 5.82. The van der Waals surface area contributed by atoms with Crippen molar-refractivity contribution in [2.24, 2.45) is 5.73 Å². The summed E-state index contributed by atoms with van der Waals surface area (Å²) >= 11 is 11.6. The highest BCUT2D eigenvalue weighted by atomic mass is 35.5. The van der Waals surface area contributed by atoms with E-state index in [4.69, 9.17) is 28.9 Å². The molecule has 1 aromatic rings. The van der Waals surface area contributed by atoms with E-state index < -0.39 is 0 Å². The molecule has 0 bridgehead atoms. The summed E-state index contributed by atoms with van der Waals surface area (Å²) in [5, 5.41) is 1.01. The Balaban J connectivity index is 3.04. The molecular formula is C8H10Cl2N2. The monoisotopic (exact) mass is 204 g/mol. The van der Waals surface area contributed by atoms with Crippen LogP contribution >= 0.6 is 23.2 Å². The van der Waals surface area contributed by atoms with Gasteiger partial charge in [0.25, 0.3) is 0 Å².